The Hall–Kier alpha value is -0.590. The van der Waals surface area contributed by atoms with E-state index in [4.69, 9.17) is 0 Å². The molecule has 0 aromatic heterocycles. The van der Waals surface area contributed by atoms with Gasteiger partial charge in [0.15, 0.2) is 0 Å². The molecule has 0 amide bonds. The van der Waals surface area contributed by atoms with Gasteiger partial charge in [0.2, 0.25) is 0 Å². The molecule has 0 atom stereocenters. The van der Waals surface area contributed by atoms with Crippen molar-refractivity contribution in [2.75, 3.05) is 0 Å². The summed E-state index contributed by atoms with van der Waals surface area (Å²) < 4.78 is 0. The SMILES string of the molecule is CCCC/C=C/CCCCCCCCCCCCCCCCC=O. The highest BCUT2D eigenvalue weighted by Crippen LogP contribution is 2.13. The Bertz CT molecular complexity index is 257. The number of allylic oxidation sites excluding steroid dienone is 2. The highest BCUT2D eigenvalue weighted by atomic mass is 16.1. The van der Waals surface area contributed by atoms with Crippen LogP contribution < -0.4 is 0 Å². The average molecular weight is 337 g/mol. The topological polar surface area (TPSA) is 17.1 Å². The lowest BCUT2D eigenvalue weighted by Crippen LogP contribution is -1.83. The van der Waals surface area contributed by atoms with Crippen LogP contribution in [-0.4, -0.2) is 6.29 Å². The van der Waals surface area contributed by atoms with Gasteiger partial charge < -0.3 is 4.79 Å². The van der Waals surface area contributed by atoms with E-state index in [-0.39, 0.29) is 0 Å². The molecule has 1 heteroatoms. The van der Waals surface area contributed by atoms with E-state index >= 15 is 0 Å². The summed E-state index contributed by atoms with van der Waals surface area (Å²) in [6.45, 7) is 2.26. The average Bonchev–Trinajstić information content (AvgIpc) is 2.60. The van der Waals surface area contributed by atoms with Gasteiger partial charge >= 0.3 is 0 Å². The van der Waals surface area contributed by atoms with Crippen molar-refractivity contribution < 1.29 is 4.79 Å². The first-order chi connectivity index (χ1) is 11.9. The van der Waals surface area contributed by atoms with Crippen molar-refractivity contribution in [1.82, 2.24) is 0 Å². The van der Waals surface area contributed by atoms with Crippen LogP contribution in [0.25, 0.3) is 0 Å². The number of hydrogen-bond acceptors (Lipinski definition) is 1. The predicted molar refractivity (Wildman–Crippen MR) is 109 cm³/mol. The Morgan fingerprint density at radius 2 is 0.792 bits per heavy atom. The van der Waals surface area contributed by atoms with E-state index in [1.54, 1.807) is 0 Å². The molecule has 0 rings (SSSR count). The molecule has 142 valence electrons. The summed E-state index contributed by atoms with van der Waals surface area (Å²) in [6.07, 6.45) is 31.0. The van der Waals surface area contributed by atoms with Crippen LogP contribution in [0.2, 0.25) is 0 Å². The number of carbonyl (C=O) groups excluding carboxylic acids is 1. The summed E-state index contributed by atoms with van der Waals surface area (Å²) in [7, 11) is 0. The molecule has 0 saturated heterocycles. The van der Waals surface area contributed by atoms with Gasteiger partial charge in [-0.15, -0.1) is 0 Å². The molecule has 0 heterocycles. The summed E-state index contributed by atoms with van der Waals surface area (Å²) >= 11 is 0. The van der Waals surface area contributed by atoms with E-state index in [2.05, 4.69) is 19.1 Å². The fraction of sp³-hybridized carbons (Fsp3) is 0.870. The third-order valence-electron chi connectivity index (χ3n) is 4.83. The number of rotatable bonds is 20. The summed E-state index contributed by atoms with van der Waals surface area (Å²) in [4.78, 5) is 10.2. The lowest BCUT2D eigenvalue weighted by atomic mass is 10.0. The van der Waals surface area contributed by atoms with Crippen molar-refractivity contribution in [3.8, 4) is 0 Å². The third kappa shape index (κ3) is 21.4. The van der Waals surface area contributed by atoms with E-state index in [0.717, 1.165) is 19.1 Å². The molecule has 0 unspecified atom stereocenters. The van der Waals surface area contributed by atoms with Crippen molar-refractivity contribution in [1.29, 1.82) is 0 Å². The monoisotopic (exact) mass is 336 g/mol. The normalized spacial score (nSPS) is 11.4. The molecule has 0 radical (unpaired) electrons. The van der Waals surface area contributed by atoms with E-state index in [1.807, 2.05) is 0 Å². The molecule has 0 aromatic carbocycles. The Kier molecular flexibility index (Phi) is 21.9. The maximum Gasteiger partial charge on any atom is 0.119 e. The molecule has 24 heavy (non-hydrogen) atoms. The van der Waals surface area contributed by atoms with Crippen molar-refractivity contribution >= 4 is 6.29 Å². The molecular formula is C23H44O. The van der Waals surface area contributed by atoms with Crippen LogP contribution in [0.5, 0.6) is 0 Å². The van der Waals surface area contributed by atoms with Gasteiger partial charge in [-0.1, -0.05) is 109 Å². The van der Waals surface area contributed by atoms with E-state index in [1.165, 1.54) is 109 Å². The first-order valence-electron chi connectivity index (χ1n) is 11.0. The number of carbonyl (C=O) groups is 1. The number of aldehydes is 1. The van der Waals surface area contributed by atoms with Gasteiger partial charge in [-0.25, -0.2) is 0 Å². The van der Waals surface area contributed by atoms with Gasteiger partial charge in [-0.05, 0) is 25.7 Å². The first-order valence-corrected chi connectivity index (χ1v) is 11.0. The first kappa shape index (κ1) is 23.4. The van der Waals surface area contributed by atoms with Gasteiger partial charge in [0.25, 0.3) is 0 Å². The van der Waals surface area contributed by atoms with Crippen molar-refractivity contribution in [2.45, 2.75) is 129 Å². The fourth-order valence-corrected chi connectivity index (χ4v) is 3.17. The highest BCUT2D eigenvalue weighted by molar-refractivity contribution is 5.48. The molecular weight excluding hydrogens is 292 g/mol. The summed E-state index contributed by atoms with van der Waals surface area (Å²) in [5, 5.41) is 0. The minimum atomic E-state index is 0.760. The van der Waals surface area contributed by atoms with Crippen LogP contribution in [0.3, 0.4) is 0 Å². The van der Waals surface area contributed by atoms with E-state index < -0.39 is 0 Å². The largest absolute Gasteiger partial charge is 0.303 e. The second-order valence-corrected chi connectivity index (χ2v) is 7.31. The summed E-state index contributed by atoms with van der Waals surface area (Å²) in [6, 6.07) is 0. The van der Waals surface area contributed by atoms with Crippen LogP contribution in [0.4, 0.5) is 0 Å². The zero-order valence-electron chi connectivity index (χ0n) is 16.6. The van der Waals surface area contributed by atoms with Crippen LogP contribution >= 0.6 is 0 Å². The molecule has 0 aliphatic heterocycles. The molecule has 0 aliphatic rings. The van der Waals surface area contributed by atoms with Crippen molar-refractivity contribution in [3.05, 3.63) is 12.2 Å². The Labute approximate surface area is 152 Å². The maximum atomic E-state index is 10.2. The van der Waals surface area contributed by atoms with Crippen LogP contribution in [0, 0.1) is 0 Å². The third-order valence-corrected chi connectivity index (χ3v) is 4.83. The zero-order chi connectivity index (χ0) is 17.6. The van der Waals surface area contributed by atoms with Crippen LogP contribution in [0.1, 0.15) is 129 Å². The smallest absolute Gasteiger partial charge is 0.119 e. The van der Waals surface area contributed by atoms with Gasteiger partial charge in [0, 0.05) is 6.42 Å². The fourth-order valence-electron chi connectivity index (χ4n) is 3.17. The van der Waals surface area contributed by atoms with E-state index in [9.17, 15) is 4.79 Å². The lowest BCUT2D eigenvalue weighted by Gasteiger charge is -2.03. The molecule has 0 aliphatic carbocycles. The van der Waals surface area contributed by atoms with E-state index in [0.29, 0.717) is 0 Å². The minimum Gasteiger partial charge on any atom is -0.303 e. The van der Waals surface area contributed by atoms with Gasteiger partial charge in [-0.3, -0.25) is 0 Å². The van der Waals surface area contributed by atoms with Crippen LogP contribution in [-0.2, 0) is 4.79 Å². The summed E-state index contributed by atoms with van der Waals surface area (Å²) in [5.74, 6) is 0. The highest BCUT2D eigenvalue weighted by Gasteiger charge is 1.94. The maximum absolute atomic E-state index is 10.2. The Balaban J connectivity index is 3.00. The Morgan fingerprint density at radius 3 is 1.17 bits per heavy atom. The van der Waals surface area contributed by atoms with Crippen molar-refractivity contribution in [2.24, 2.45) is 0 Å². The molecule has 1 nitrogen and oxygen atoms in total. The molecule has 0 N–H and O–H groups in total. The quantitative estimate of drug-likeness (QED) is 0.124. The van der Waals surface area contributed by atoms with Crippen molar-refractivity contribution in [3.63, 3.8) is 0 Å². The van der Waals surface area contributed by atoms with Gasteiger partial charge in [-0.2, -0.15) is 0 Å². The summed E-state index contributed by atoms with van der Waals surface area (Å²) in [5.41, 5.74) is 0. The lowest BCUT2D eigenvalue weighted by molar-refractivity contribution is -0.107. The molecule has 0 bridgehead atoms. The van der Waals surface area contributed by atoms with Crippen LogP contribution in [0.15, 0.2) is 12.2 Å². The minimum absolute atomic E-state index is 0.760. The molecule has 0 aromatic rings. The molecule has 0 saturated carbocycles. The second kappa shape index (κ2) is 22.4. The second-order valence-electron chi connectivity index (χ2n) is 7.31. The number of unbranched alkanes of at least 4 members (excludes halogenated alkanes) is 17. The van der Waals surface area contributed by atoms with Gasteiger partial charge in [0.05, 0.1) is 0 Å². The predicted octanol–water partition coefficient (Wildman–Crippen LogP) is 8.17. The Morgan fingerprint density at radius 1 is 0.458 bits per heavy atom. The van der Waals surface area contributed by atoms with Gasteiger partial charge in [0.1, 0.15) is 6.29 Å². The standard InChI is InChI=1S/C23H44O/c1-2-3-4-5-6-7-8-9-10-11-12-13-14-15-16-17-18-19-20-21-22-23-24/h5-6,23H,2-4,7-22H2,1H3/b6-5+. The number of hydrogen-bond donors (Lipinski definition) is 0. The molecule has 0 fully saturated rings. The zero-order valence-corrected chi connectivity index (χ0v) is 16.6. The molecule has 0 spiro atoms.